The molecule has 0 saturated carbocycles. The van der Waals surface area contributed by atoms with Gasteiger partial charge in [-0.05, 0) is 28.8 Å². The van der Waals surface area contributed by atoms with Crippen LogP contribution in [0.25, 0.3) is 0 Å². The average molecular weight is 493 g/mol. The summed E-state index contributed by atoms with van der Waals surface area (Å²) in [6.07, 6.45) is 0.194. The van der Waals surface area contributed by atoms with E-state index in [0.29, 0.717) is 31.3 Å². The van der Waals surface area contributed by atoms with E-state index in [2.05, 4.69) is 5.32 Å². The number of nitrogens with two attached hydrogens (primary N) is 1. The normalized spacial score (nSPS) is 11.5. The number of hydrogen-bond acceptors (Lipinski definition) is 6. The number of benzene rings is 3. The first-order valence-electron chi connectivity index (χ1n) is 11.7. The lowest BCUT2D eigenvalue weighted by molar-refractivity contribution is -0.130. The van der Waals surface area contributed by atoms with Gasteiger partial charge in [-0.25, -0.2) is 0 Å². The molecule has 3 N–H and O–H groups in total. The zero-order valence-corrected chi connectivity index (χ0v) is 20.4. The second-order valence-corrected chi connectivity index (χ2v) is 8.10. The molecule has 0 bridgehead atoms. The van der Waals surface area contributed by atoms with Crippen LogP contribution < -0.4 is 20.5 Å². The van der Waals surface area contributed by atoms with Crippen LogP contribution in [0.3, 0.4) is 0 Å². The van der Waals surface area contributed by atoms with Gasteiger partial charge in [-0.1, -0.05) is 66.7 Å². The van der Waals surface area contributed by atoms with Gasteiger partial charge in [-0.3, -0.25) is 9.59 Å². The van der Waals surface area contributed by atoms with E-state index in [0.717, 1.165) is 16.7 Å². The van der Waals surface area contributed by atoms with Gasteiger partial charge in [0.2, 0.25) is 11.8 Å². The molecule has 0 aliphatic carbocycles. The minimum Gasteiger partial charge on any atom is -0.485 e. The predicted molar refractivity (Wildman–Crippen MR) is 136 cm³/mol. The van der Waals surface area contributed by atoms with Crippen molar-refractivity contribution in [3.8, 4) is 11.5 Å². The number of ether oxygens (including phenoxy) is 4. The molecule has 3 aromatic rings. The predicted octanol–water partition coefficient (Wildman–Crippen LogP) is 3.02. The van der Waals surface area contributed by atoms with Gasteiger partial charge in [-0.15, -0.1) is 0 Å². The minimum absolute atomic E-state index is 0.190. The molecule has 8 heteroatoms. The first kappa shape index (κ1) is 26.7. The number of primary amides is 1. The lowest BCUT2D eigenvalue weighted by atomic mass is 10.0. The Morgan fingerprint density at radius 1 is 0.806 bits per heavy atom. The molecule has 0 fully saturated rings. The smallest absolute Gasteiger partial charge is 0.246 e. The Morgan fingerprint density at radius 2 is 1.42 bits per heavy atom. The number of amides is 2. The van der Waals surface area contributed by atoms with Gasteiger partial charge in [0.1, 0.15) is 25.9 Å². The van der Waals surface area contributed by atoms with Crippen molar-refractivity contribution in [2.45, 2.75) is 25.7 Å². The Morgan fingerprint density at radius 3 is 2.00 bits per heavy atom. The van der Waals surface area contributed by atoms with Crippen molar-refractivity contribution in [3.63, 3.8) is 0 Å². The molecule has 0 aliphatic heterocycles. The van der Waals surface area contributed by atoms with Crippen LogP contribution in [-0.2, 0) is 38.7 Å². The van der Waals surface area contributed by atoms with E-state index in [9.17, 15) is 9.59 Å². The highest BCUT2D eigenvalue weighted by molar-refractivity contribution is 5.87. The molecule has 0 heterocycles. The van der Waals surface area contributed by atoms with Crippen LogP contribution in [0.1, 0.15) is 16.7 Å². The molecule has 1 atom stereocenters. The van der Waals surface area contributed by atoms with E-state index in [-0.39, 0.29) is 19.6 Å². The van der Waals surface area contributed by atoms with Gasteiger partial charge in [-0.2, -0.15) is 0 Å². The third kappa shape index (κ3) is 9.05. The summed E-state index contributed by atoms with van der Waals surface area (Å²) in [7, 11) is 1.54. The van der Waals surface area contributed by atoms with E-state index in [1.54, 1.807) is 19.2 Å². The Hall–Kier alpha value is -3.88. The van der Waals surface area contributed by atoms with Crippen LogP contribution in [-0.4, -0.2) is 44.8 Å². The quantitative estimate of drug-likeness (QED) is 0.316. The number of rotatable bonds is 15. The number of nitrogens with one attached hydrogen (secondary N) is 1. The summed E-state index contributed by atoms with van der Waals surface area (Å²) in [6.45, 7) is 1.19. The Balaban J connectivity index is 1.70. The molecule has 0 spiro atoms. The maximum absolute atomic E-state index is 12.2. The maximum Gasteiger partial charge on any atom is 0.246 e. The Kier molecular flexibility index (Phi) is 10.8. The van der Waals surface area contributed by atoms with E-state index < -0.39 is 17.9 Å². The minimum atomic E-state index is -0.901. The van der Waals surface area contributed by atoms with E-state index in [4.69, 9.17) is 24.7 Å². The monoisotopic (exact) mass is 492 g/mol. The SMILES string of the molecule is COCCOCC(=O)N[C@@H](Cc1ccc(OCc2ccccc2)c(OCc2ccccc2)c1)C(N)=O. The third-order valence-corrected chi connectivity index (χ3v) is 5.27. The zero-order chi connectivity index (χ0) is 25.6. The summed E-state index contributed by atoms with van der Waals surface area (Å²) < 4.78 is 22.2. The van der Waals surface area contributed by atoms with Crippen LogP contribution in [0.15, 0.2) is 78.9 Å². The molecule has 3 rings (SSSR count). The molecule has 36 heavy (non-hydrogen) atoms. The van der Waals surface area contributed by atoms with Crippen molar-refractivity contribution in [2.24, 2.45) is 5.73 Å². The summed E-state index contributed by atoms with van der Waals surface area (Å²) in [5.41, 5.74) is 8.35. The molecule has 3 aromatic carbocycles. The van der Waals surface area contributed by atoms with Crippen molar-refractivity contribution in [1.82, 2.24) is 5.32 Å². The van der Waals surface area contributed by atoms with Gasteiger partial charge in [0.25, 0.3) is 0 Å². The van der Waals surface area contributed by atoms with Crippen LogP contribution >= 0.6 is 0 Å². The molecular formula is C28H32N2O6. The van der Waals surface area contributed by atoms with Gasteiger partial charge in [0, 0.05) is 13.5 Å². The first-order valence-corrected chi connectivity index (χ1v) is 11.7. The average Bonchev–Trinajstić information content (AvgIpc) is 2.90. The highest BCUT2D eigenvalue weighted by Crippen LogP contribution is 2.30. The third-order valence-electron chi connectivity index (χ3n) is 5.27. The van der Waals surface area contributed by atoms with E-state index in [1.165, 1.54) is 0 Å². The van der Waals surface area contributed by atoms with Gasteiger partial charge in [0.05, 0.1) is 13.2 Å². The summed E-state index contributed by atoms with van der Waals surface area (Å²) in [5.74, 6) is 0.0316. The largest absolute Gasteiger partial charge is 0.485 e. The van der Waals surface area contributed by atoms with Crippen molar-refractivity contribution in [3.05, 3.63) is 95.6 Å². The van der Waals surface area contributed by atoms with E-state index in [1.807, 2.05) is 66.7 Å². The van der Waals surface area contributed by atoms with Gasteiger partial charge < -0.3 is 30.0 Å². The molecule has 190 valence electrons. The summed E-state index contributed by atoms with van der Waals surface area (Å²) in [5, 5.41) is 2.63. The molecule has 0 aliphatic rings. The molecule has 2 amide bonds. The Labute approximate surface area is 211 Å². The molecule has 0 aromatic heterocycles. The second kappa shape index (κ2) is 14.5. The molecule has 0 radical (unpaired) electrons. The standard InChI is InChI=1S/C28H32N2O6/c1-33-14-15-34-20-27(31)30-24(28(29)32)16-23-12-13-25(35-18-21-8-4-2-5-9-21)26(17-23)36-19-22-10-6-3-7-11-22/h2-13,17,24H,14-16,18-20H2,1H3,(H2,29,32)(H,30,31)/t24-/m0/s1. The summed E-state index contributed by atoms with van der Waals surface area (Å²) >= 11 is 0. The molecule has 0 saturated heterocycles. The van der Waals surface area contributed by atoms with E-state index >= 15 is 0 Å². The van der Waals surface area contributed by atoms with Crippen LogP contribution in [0.2, 0.25) is 0 Å². The van der Waals surface area contributed by atoms with Crippen molar-refractivity contribution < 1.29 is 28.5 Å². The number of carbonyl (C=O) groups is 2. The van der Waals surface area contributed by atoms with Gasteiger partial charge >= 0.3 is 0 Å². The first-order chi connectivity index (χ1) is 17.5. The topological polar surface area (TPSA) is 109 Å². The number of carbonyl (C=O) groups excluding carboxylic acids is 2. The van der Waals surface area contributed by atoms with Crippen LogP contribution in [0.4, 0.5) is 0 Å². The number of hydrogen-bond donors (Lipinski definition) is 2. The second-order valence-electron chi connectivity index (χ2n) is 8.10. The Bertz CT molecular complexity index is 1090. The van der Waals surface area contributed by atoms with Crippen molar-refractivity contribution in [2.75, 3.05) is 26.9 Å². The maximum atomic E-state index is 12.2. The highest BCUT2D eigenvalue weighted by atomic mass is 16.5. The molecule has 8 nitrogen and oxygen atoms in total. The summed E-state index contributed by atoms with van der Waals surface area (Å²) in [6, 6.07) is 24.1. The van der Waals surface area contributed by atoms with Crippen LogP contribution in [0.5, 0.6) is 11.5 Å². The molecule has 0 unspecified atom stereocenters. The fourth-order valence-electron chi connectivity index (χ4n) is 3.38. The lowest BCUT2D eigenvalue weighted by Crippen LogP contribution is -2.47. The zero-order valence-electron chi connectivity index (χ0n) is 20.4. The highest BCUT2D eigenvalue weighted by Gasteiger charge is 2.20. The van der Waals surface area contributed by atoms with Crippen LogP contribution in [0, 0.1) is 0 Å². The fourth-order valence-corrected chi connectivity index (χ4v) is 3.38. The number of methoxy groups -OCH3 is 1. The lowest BCUT2D eigenvalue weighted by Gasteiger charge is -2.18. The van der Waals surface area contributed by atoms with Gasteiger partial charge in [0.15, 0.2) is 11.5 Å². The van der Waals surface area contributed by atoms with Crippen molar-refractivity contribution in [1.29, 1.82) is 0 Å². The van der Waals surface area contributed by atoms with Crippen molar-refractivity contribution >= 4 is 11.8 Å². The summed E-state index contributed by atoms with van der Waals surface area (Å²) in [4.78, 5) is 24.2. The fraction of sp³-hybridized carbons (Fsp3) is 0.286. The molecular weight excluding hydrogens is 460 g/mol.